The van der Waals surface area contributed by atoms with Crippen LogP contribution in [0.5, 0.6) is 11.5 Å². The number of para-hydroxylation sites is 1. The van der Waals surface area contributed by atoms with E-state index in [-0.39, 0.29) is 61.8 Å². The molecule has 6 heteroatoms. The maximum Gasteiger partial charge on any atom is 0.269 e. The van der Waals surface area contributed by atoms with Crippen LogP contribution in [-0.4, -0.2) is 22.2 Å². The van der Waals surface area contributed by atoms with Crippen molar-refractivity contribution >= 4 is 61.7 Å². The molecule has 87 heavy (non-hydrogen) atoms. The minimum atomic E-state index is -6.27. The standard InChI is InChI=1S/C81H68N4OSi/c1-56-48-78(82-54-71(56)59-28-15-9-16-29-59)85-73-39-24-23-38-69(73)70-46-45-65(53-75(70)85)86-64-31-25-30-63(52-64)83-55-84(74-47-42-60(50-76(74)83)58-40-43-62(44-41-58)80(2,3)4)79-72(81(5,6)7)49-61(57-26-13-8-14-27-57)51-77(79)87(66-32-17-10-18-33-66,67-34-19-11-20-35-67)68-36-21-12-22-37-68/h8-54H,1-7H3/i1D3,8D,9D,10D,11D,12D,13D,14D,15D,16D,17D,18D,19D,20D,21D,22D,26D,27D,28D,29D,32D,33D,34D,35D,36D,37D. The maximum absolute atomic E-state index is 10.2. The Morgan fingerprint density at radius 2 is 1.09 bits per heavy atom. The van der Waals surface area contributed by atoms with E-state index in [0.717, 1.165) is 16.5 Å². The highest BCUT2D eigenvalue weighted by Gasteiger charge is 2.45. The molecule has 0 spiro atoms. The summed E-state index contributed by atoms with van der Waals surface area (Å²) in [6.45, 7) is 8.51. The molecule has 14 aromatic rings. The number of nitrogens with zero attached hydrogens (tertiary/aromatic N) is 4. The van der Waals surface area contributed by atoms with Gasteiger partial charge in [0.05, 0.1) is 67.7 Å². The molecule has 3 heterocycles. The highest BCUT2D eigenvalue weighted by molar-refractivity contribution is 7.20. The molecule has 14 rings (SSSR count). The van der Waals surface area contributed by atoms with Crippen molar-refractivity contribution in [3.8, 4) is 62.1 Å². The van der Waals surface area contributed by atoms with E-state index in [1.165, 1.54) is 29.0 Å². The highest BCUT2D eigenvalue weighted by Crippen LogP contribution is 2.39. The second kappa shape index (κ2) is 22.0. The molecular formula is C81H68N4OSi. The number of ether oxygens (including phenoxy) is 1. The second-order valence-corrected chi connectivity index (χ2v) is 26.5. The van der Waals surface area contributed by atoms with E-state index < -0.39 is 198 Å². The molecule has 0 aliphatic rings. The van der Waals surface area contributed by atoms with Crippen molar-refractivity contribution in [2.75, 3.05) is 0 Å². The Morgan fingerprint density at radius 3 is 1.72 bits per heavy atom. The van der Waals surface area contributed by atoms with Crippen molar-refractivity contribution in [3.63, 3.8) is 0 Å². The van der Waals surface area contributed by atoms with Crippen LogP contribution in [0, 0.1) is 13.2 Å². The largest absolute Gasteiger partial charge is 0.458 e. The average molecular weight is 1170 g/mol. The first kappa shape index (κ1) is 31.8. The van der Waals surface area contributed by atoms with Crippen LogP contribution in [0.3, 0.4) is 0 Å². The molecule has 0 atom stereocenters. The number of fused-ring (bicyclic) bond motifs is 4. The van der Waals surface area contributed by atoms with E-state index >= 15 is 0 Å². The number of benzene rings is 11. The number of rotatable bonds is 12. The number of hydrogen-bond acceptors (Lipinski definition) is 2. The van der Waals surface area contributed by atoms with E-state index in [2.05, 4.69) is 27.1 Å². The number of pyridine rings is 1. The molecule has 0 N–H and O–H groups in total. The first-order chi connectivity index (χ1) is 53.9. The summed E-state index contributed by atoms with van der Waals surface area (Å²) in [4.78, 5) is 4.73. The summed E-state index contributed by atoms with van der Waals surface area (Å²) in [6.07, 6.45) is 4.73. The van der Waals surface area contributed by atoms with Gasteiger partial charge < -0.3 is 4.74 Å². The number of hydrogen-bond donors (Lipinski definition) is 0. The molecule has 0 amide bonds. The van der Waals surface area contributed by atoms with Crippen LogP contribution in [0.25, 0.3) is 83.4 Å². The third-order valence-corrected chi connectivity index (χ3v) is 19.7. The molecule has 0 aliphatic heterocycles. The Balaban J connectivity index is 1.10. The lowest BCUT2D eigenvalue weighted by Crippen LogP contribution is -2.76. The summed E-state index contributed by atoms with van der Waals surface area (Å²) >= 11 is 0. The fourth-order valence-electron chi connectivity index (χ4n) is 11.4. The van der Waals surface area contributed by atoms with Gasteiger partial charge in [0.1, 0.15) is 17.3 Å². The number of aromatic nitrogens is 4. The van der Waals surface area contributed by atoms with Crippen molar-refractivity contribution < 1.29 is 47.7 Å². The van der Waals surface area contributed by atoms with Crippen LogP contribution in [0.2, 0.25) is 0 Å². The summed E-state index contributed by atoms with van der Waals surface area (Å²) in [5, 5.41) is -1.60. The molecule has 3 aromatic heterocycles. The lowest BCUT2D eigenvalue weighted by Gasteiger charge is -2.38. The molecule has 11 aromatic carbocycles. The van der Waals surface area contributed by atoms with Gasteiger partial charge in [-0.25, -0.2) is 4.98 Å². The molecule has 0 unspecified atom stereocenters. The van der Waals surface area contributed by atoms with Gasteiger partial charge in [0.15, 0.2) is 8.07 Å². The molecule has 0 saturated heterocycles. The Morgan fingerprint density at radius 1 is 0.494 bits per heavy atom. The van der Waals surface area contributed by atoms with Crippen LogP contribution >= 0.6 is 0 Å². The van der Waals surface area contributed by atoms with E-state index in [0.29, 0.717) is 33.2 Å². The smallest absolute Gasteiger partial charge is 0.269 e. The second-order valence-electron chi connectivity index (χ2n) is 22.9. The van der Waals surface area contributed by atoms with Gasteiger partial charge >= 0.3 is 0 Å². The monoisotopic (exact) mass is 1170 g/mol. The SMILES string of the molecule is [2H]c1c([2H])c([2H])c(-c2cc(C(C)(C)C)c(-[n+]3[c-]n(-c4cccc(Oc5ccc6c7ccccc7n(-c7cc(C([2H])([2H])[2H])c(-c8c([2H])c([2H])c([2H])c([2H])c8[2H])cn7)c6c5)c4)c4cc(-c5ccc(C(C)(C)C)cc5)ccc43)c([Si](c3c([2H])c([2H])c([2H])c([2H])c3[2H])(c3c([2H])c([2H])c([2H])c([2H])c3[2H])c3c([2H])c([2H])c([2H])c([2H])c3[2H])c2)c([2H])c1[2H]. The van der Waals surface area contributed by atoms with Crippen LogP contribution in [0.4, 0.5) is 0 Å². The van der Waals surface area contributed by atoms with Crippen molar-refractivity contribution in [1.82, 2.24) is 14.1 Å². The van der Waals surface area contributed by atoms with Gasteiger partial charge in [0, 0.05) is 32.7 Å². The highest BCUT2D eigenvalue weighted by atomic mass is 28.3. The van der Waals surface area contributed by atoms with Gasteiger partial charge in [-0.3, -0.25) is 13.7 Å². The molecule has 0 fully saturated rings. The van der Waals surface area contributed by atoms with Gasteiger partial charge in [0.25, 0.3) is 6.33 Å². The average Bonchev–Trinajstić information content (AvgIpc) is 0.907. The number of aryl methyl sites for hydroxylation is 1. The third kappa shape index (κ3) is 9.96. The normalized spacial score (nSPS) is 16.8. The lowest BCUT2D eigenvalue weighted by atomic mass is 9.83. The summed E-state index contributed by atoms with van der Waals surface area (Å²) in [6, 6.07) is 13.8. The van der Waals surface area contributed by atoms with Crippen LogP contribution in [-0.2, 0) is 10.8 Å². The molecule has 5 nitrogen and oxygen atoms in total. The number of imidazole rings is 1. The molecule has 0 bridgehead atoms. The zero-order chi connectivity index (χ0) is 83.7. The molecule has 0 saturated carbocycles. The molecule has 0 aliphatic carbocycles. The fraction of sp³-hybridized carbons (Fsp3) is 0.111. The Hall–Kier alpha value is -10.1. The topological polar surface area (TPSA) is 35.9 Å². The van der Waals surface area contributed by atoms with Crippen LogP contribution in [0.1, 0.15) is 96.6 Å². The fourth-order valence-corrected chi connectivity index (χ4v) is 15.4. The minimum Gasteiger partial charge on any atom is -0.458 e. The Labute approximate surface area is 551 Å². The predicted molar refractivity (Wildman–Crippen MR) is 364 cm³/mol. The quantitative estimate of drug-likeness (QED) is 0.0529. The zero-order valence-corrected chi connectivity index (χ0v) is 48.9. The van der Waals surface area contributed by atoms with E-state index in [4.69, 9.17) is 28.9 Å². The minimum absolute atomic E-state index is 0.0942. The van der Waals surface area contributed by atoms with Crippen LogP contribution < -0.4 is 30.1 Å². The lowest BCUT2D eigenvalue weighted by molar-refractivity contribution is -0.572. The molecular weight excluding hydrogens is 1070 g/mol. The van der Waals surface area contributed by atoms with Gasteiger partial charge in [-0.2, -0.15) is 0 Å². The van der Waals surface area contributed by atoms with Gasteiger partial charge in [-0.05, 0) is 131 Å². The van der Waals surface area contributed by atoms with Gasteiger partial charge in [-0.1, -0.05) is 265 Å². The maximum atomic E-state index is 10.2. The molecule has 422 valence electrons. The summed E-state index contributed by atoms with van der Waals surface area (Å²) in [7, 11) is -6.27. The van der Waals surface area contributed by atoms with E-state index in [1.807, 2.05) is 48.5 Å². The van der Waals surface area contributed by atoms with Gasteiger partial charge in [-0.15, -0.1) is 0 Å². The van der Waals surface area contributed by atoms with Crippen molar-refractivity contribution in [2.45, 2.75) is 59.2 Å². The van der Waals surface area contributed by atoms with Crippen molar-refractivity contribution in [1.29, 1.82) is 0 Å². The van der Waals surface area contributed by atoms with Gasteiger partial charge in [0.2, 0.25) is 0 Å². The van der Waals surface area contributed by atoms with E-state index in [1.54, 1.807) is 90.6 Å². The predicted octanol–water partition coefficient (Wildman–Crippen LogP) is 17.3. The Bertz CT molecular complexity index is 6220. The first-order valence-electron chi connectivity index (χ1n) is 41.9. The zero-order valence-electron chi connectivity index (χ0n) is 75.9. The summed E-state index contributed by atoms with van der Waals surface area (Å²) < 4.78 is 272. The third-order valence-electron chi connectivity index (χ3n) is 15.5. The van der Waals surface area contributed by atoms with Crippen molar-refractivity contribution in [2.24, 2.45) is 0 Å². The summed E-state index contributed by atoms with van der Waals surface area (Å²) in [5.41, 5.74) is 1.10. The Kier molecular flexibility index (Phi) is 8.07. The van der Waals surface area contributed by atoms with Crippen LogP contribution in [0.15, 0.2) is 285 Å². The van der Waals surface area contributed by atoms with Crippen molar-refractivity contribution in [3.05, 3.63) is 308 Å². The molecule has 0 radical (unpaired) electrons. The summed E-state index contributed by atoms with van der Waals surface area (Å²) in [5.74, 6) is 0.539. The van der Waals surface area contributed by atoms with E-state index in [9.17, 15) is 19.2 Å². The first-order valence-corrected chi connectivity index (χ1v) is 29.9.